The number of likely N-dealkylation sites (N-methyl/N-ethyl adjacent to an activating group) is 1. The fourth-order valence-corrected chi connectivity index (χ4v) is 11.5. The molecule has 3 heterocycles. The zero-order valence-corrected chi connectivity index (χ0v) is 53.0. The second-order valence-electron chi connectivity index (χ2n) is 23.5. The summed E-state index contributed by atoms with van der Waals surface area (Å²) in [6, 6.07) is 2.74. The number of fused-ring (bicyclic) bond motifs is 4. The second kappa shape index (κ2) is 31.4. The molecule has 2 aliphatic carbocycles. The number of methoxy groups -OCH3 is 1. The molecule has 3 aromatic carbocycles. The fraction of sp³-hybridized carbons (Fsp3) is 0.429. The Morgan fingerprint density at radius 2 is 1.41 bits per heavy atom. The number of benzene rings is 3. The Balaban J connectivity index is 0.951. The van der Waals surface area contributed by atoms with Crippen LogP contribution in [0.1, 0.15) is 143 Å². The summed E-state index contributed by atoms with van der Waals surface area (Å²) in [7, 11) is 2.60. The molecule has 8 rings (SSSR count). The number of aliphatic hydroxyl groups is 3. The highest BCUT2D eigenvalue weighted by molar-refractivity contribution is 6.31. The van der Waals surface area contributed by atoms with Gasteiger partial charge in [-0.1, -0.05) is 12.1 Å². The molecule has 0 spiro atoms. The van der Waals surface area contributed by atoms with Crippen molar-refractivity contribution in [3.8, 4) is 17.2 Å². The molecule has 1 aliphatic heterocycles. The number of nitrogens with zero attached hydrogens (tertiary/aromatic N) is 3. The third kappa shape index (κ3) is 16.9. The molecule has 5 amide bonds. The van der Waals surface area contributed by atoms with Crippen LogP contribution in [0.5, 0.6) is 17.2 Å². The fourth-order valence-electron chi connectivity index (χ4n) is 11.5. The van der Waals surface area contributed by atoms with Gasteiger partial charge in [0, 0.05) is 72.9 Å². The number of amides is 5. The molecule has 1 saturated heterocycles. The van der Waals surface area contributed by atoms with Crippen molar-refractivity contribution in [1.82, 2.24) is 46.5 Å². The van der Waals surface area contributed by atoms with E-state index < -0.39 is 217 Å². The predicted octanol–water partition coefficient (Wildman–Crippen LogP) is -0.944. The molecule has 16 N–H and O–H groups in total. The molecule has 3 aliphatic rings. The largest absolute Gasteiger partial charge is 0.507 e. The predicted molar refractivity (Wildman–Crippen MR) is 335 cm³/mol. The Kier molecular flexibility index (Phi) is 23.4. The maximum absolute atomic E-state index is 14.3. The van der Waals surface area contributed by atoms with Crippen molar-refractivity contribution in [3.63, 3.8) is 0 Å². The van der Waals surface area contributed by atoms with Crippen LogP contribution >= 0.6 is 0 Å². The van der Waals surface area contributed by atoms with Gasteiger partial charge in [0.05, 0.1) is 60.5 Å². The van der Waals surface area contributed by atoms with Gasteiger partial charge in [0.15, 0.2) is 29.0 Å². The van der Waals surface area contributed by atoms with Gasteiger partial charge in [-0.2, -0.15) is 4.98 Å². The maximum atomic E-state index is 14.3. The Bertz CT molecular complexity index is 4070. The molecule has 0 radical (unpaired) electrons. The standard InChI is InChI=1S/C63H71N11O24/c1-26(76)8-13-33(57(88)71-37-20-44(97-27(2)50(37)82)98-39-22-63(95,40(77)25-75)21-32-46(39)54(86)48-47(52(32)84)51(83)31-6-5-7-38(96-4)45(31)53(48)85)68-41(78)17-14-34(69-42(79)18-15-35(64-3)60(91)92)58(89)73-62-72-55-49(59(90)74-62)67-30(24-66-55)23-65-29-11-9-28(10-12-29)56(87)70-36(61(93)94)16-19-43(80)81/h5-7,9-12,24,27,33-37,39,44,50,64-65,75,82,84,86,95H,8,13-23,25H2,1-4H3,(H,68,78)(H,69,79)(H,70,87)(H,71,88)(H,80,81)(H,91,92)(H,93,94)(H2,66,72,73,74,89,90)/t27?,33?,34?,35?,36?,37?,39-,44-,50-,63-/m0/s1. The lowest BCUT2D eigenvalue weighted by Crippen LogP contribution is -2.59. The number of carbonyl (C=O) groups excluding carboxylic acids is 9. The summed E-state index contributed by atoms with van der Waals surface area (Å²) in [6.07, 6.45) is -9.91. The number of hydrogen-bond acceptors (Lipinski definition) is 26. The van der Waals surface area contributed by atoms with E-state index >= 15 is 0 Å². The number of H-pyrrole nitrogens is 1. The SMILES string of the molecule is CNC(CCC(=O)NC(CCC(=O)NC(CCC(C)=O)C(=O)NC1C[C@H](O[C@H]2C[C@](O)(C(=O)CO)Cc3c(O)c4c(c(O)c32)C(=O)c2c(OC)cccc2C4=O)OC(C)[C@@H]1O)C(=O)Nc1nc2ncc(CNc3ccc(C(=O)NC(CCC(=O)O)C(=O)O)cc3)nc2c(=O)[nH]1)C(=O)O. The van der Waals surface area contributed by atoms with Crippen LogP contribution in [0, 0.1) is 0 Å². The number of anilines is 2. The Morgan fingerprint density at radius 3 is 2.03 bits per heavy atom. The number of aromatic amines is 1. The van der Waals surface area contributed by atoms with Crippen LogP contribution in [0.15, 0.2) is 53.5 Å². The molecule has 0 bridgehead atoms. The number of aromatic hydroxyl groups is 2. The summed E-state index contributed by atoms with van der Waals surface area (Å²) >= 11 is 0. The second-order valence-corrected chi connectivity index (χ2v) is 23.5. The number of aliphatic carboxylic acids is 3. The molecule has 5 aromatic rings. The first-order chi connectivity index (χ1) is 46.4. The number of carboxylic acids is 3. The van der Waals surface area contributed by atoms with E-state index in [-0.39, 0.29) is 82.7 Å². The van der Waals surface area contributed by atoms with Crippen molar-refractivity contribution in [2.75, 3.05) is 31.4 Å². The maximum Gasteiger partial charge on any atom is 0.326 e. The van der Waals surface area contributed by atoms with E-state index in [9.17, 15) is 98.1 Å². The van der Waals surface area contributed by atoms with Crippen LogP contribution in [-0.2, 0) is 65.6 Å². The normalized spacial score (nSPS) is 19.8. The highest BCUT2D eigenvalue weighted by atomic mass is 16.7. The number of phenols is 2. The number of carbonyl (C=O) groups is 12. The monoisotopic (exact) mass is 1370 g/mol. The number of nitrogens with one attached hydrogen (secondary N) is 8. The van der Waals surface area contributed by atoms with Gasteiger partial charge in [0.25, 0.3) is 11.5 Å². The molecule has 35 nitrogen and oxygen atoms in total. The molecule has 6 unspecified atom stereocenters. The number of ketones is 4. The van der Waals surface area contributed by atoms with Crippen molar-refractivity contribution >= 4 is 93.4 Å². The minimum atomic E-state index is -2.52. The number of aromatic nitrogens is 4. The van der Waals surface area contributed by atoms with Gasteiger partial charge in [0.2, 0.25) is 35.4 Å². The molecular weight excluding hydrogens is 1290 g/mol. The van der Waals surface area contributed by atoms with E-state index in [1.807, 2.05) is 0 Å². The van der Waals surface area contributed by atoms with Crippen LogP contribution in [-0.4, -0.2) is 206 Å². The number of ether oxygens (including phenoxy) is 3. The van der Waals surface area contributed by atoms with Crippen molar-refractivity contribution in [3.05, 3.63) is 104 Å². The van der Waals surface area contributed by atoms with Crippen molar-refractivity contribution < 1.29 is 113 Å². The first-order valence-electron chi connectivity index (χ1n) is 30.6. The first kappa shape index (κ1) is 73.1. The number of hydrogen-bond donors (Lipinski definition) is 16. The van der Waals surface area contributed by atoms with Gasteiger partial charge in [-0.05, 0) is 76.9 Å². The van der Waals surface area contributed by atoms with Gasteiger partial charge in [-0.25, -0.2) is 14.8 Å². The summed E-state index contributed by atoms with van der Waals surface area (Å²) < 4.78 is 17.6. The highest BCUT2D eigenvalue weighted by Crippen LogP contribution is 2.52. The van der Waals surface area contributed by atoms with Gasteiger partial charge < -0.3 is 91.8 Å². The molecule has 522 valence electrons. The number of Topliss-reactive ketones (excluding diaryl/α,β-unsaturated/α-hetero) is 2. The summed E-state index contributed by atoms with van der Waals surface area (Å²) in [5.74, 6) is -14.1. The van der Waals surface area contributed by atoms with E-state index in [0.29, 0.717) is 5.69 Å². The lowest BCUT2D eigenvalue weighted by molar-refractivity contribution is -0.249. The highest BCUT2D eigenvalue weighted by Gasteiger charge is 2.51. The Morgan fingerprint density at radius 1 is 0.776 bits per heavy atom. The zero-order chi connectivity index (χ0) is 71.6. The number of rotatable bonds is 31. The van der Waals surface area contributed by atoms with E-state index in [1.165, 1.54) is 76.7 Å². The van der Waals surface area contributed by atoms with Crippen LogP contribution in [0.3, 0.4) is 0 Å². The minimum Gasteiger partial charge on any atom is -0.507 e. The van der Waals surface area contributed by atoms with E-state index in [1.54, 1.807) is 0 Å². The molecule has 0 saturated carbocycles. The number of carboxylic acid groups (broad SMARTS) is 3. The molecule has 35 heteroatoms. The smallest absolute Gasteiger partial charge is 0.326 e. The van der Waals surface area contributed by atoms with Crippen LogP contribution in [0.2, 0.25) is 0 Å². The van der Waals surface area contributed by atoms with Crippen molar-refractivity contribution in [2.45, 2.75) is 151 Å². The summed E-state index contributed by atoms with van der Waals surface area (Å²) in [5, 5.41) is 103. The summed E-state index contributed by atoms with van der Waals surface area (Å²) in [5.41, 5.74) is -5.64. The average molecular weight is 1370 g/mol. The van der Waals surface area contributed by atoms with E-state index in [0.717, 1.165) is 0 Å². The minimum absolute atomic E-state index is 0.0318. The molecule has 1 fully saturated rings. The molecule has 10 atom stereocenters. The Hall–Kier alpha value is -10.7. The topological polar surface area (TPSA) is 550 Å². The van der Waals surface area contributed by atoms with Crippen LogP contribution < -0.4 is 47.5 Å². The zero-order valence-electron chi connectivity index (χ0n) is 53.0. The molecular formula is C63H71N11O24. The van der Waals surface area contributed by atoms with Crippen LogP contribution in [0.25, 0.3) is 11.2 Å². The van der Waals surface area contributed by atoms with E-state index in [4.69, 9.17) is 19.3 Å². The van der Waals surface area contributed by atoms with E-state index in [2.05, 4.69) is 57.2 Å². The van der Waals surface area contributed by atoms with Gasteiger partial charge >= 0.3 is 17.9 Å². The lowest BCUT2D eigenvalue weighted by Gasteiger charge is -2.43. The van der Waals surface area contributed by atoms with Crippen LogP contribution in [0.4, 0.5) is 11.6 Å². The van der Waals surface area contributed by atoms with Gasteiger partial charge in [0.1, 0.15) is 65.5 Å². The first-order valence-corrected chi connectivity index (χ1v) is 30.6. The number of aliphatic hydroxyl groups excluding tert-OH is 2. The lowest BCUT2D eigenvalue weighted by atomic mass is 9.72. The quantitative estimate of drug-likeness (QED) is 0.0233. The third-order valence-corrected chi connectivity index (χ3v) is 16.7. The summed E-state index contributed by atoms with van der Waals surface area (Å²) in [6.45, 7) is 1.37. The van der Waals surface area contributed by atoms with Crippen molar-refractivity contribution in [1.29, 1.82) is 0 Å². The van der Waals surface area contributed by atoms with Gasteiger partial charge in [-0.3, -0.25) is 63.0 Å². The summed E-state index contributed by atoms with van der Waals surface area (Å²) in [4.78, 5) is 185. The van der Waals surface area contributed by atoms with Gasteiger partial charge in [-0.15, -0.1) is 0 Å². The Labute approximate surface area is 554 Å². The molecule has 98 heavy (non-hydrogen) atoms. The molecule has 2 aromatic heterocycles. The van der Waals surface area contributed by atoms with Crippen molar-refractivity contribution in [2.24, 2.45) is 0 Å². The number of phenolic OH excluding ortho intramolecular Hbond substituents is 2. The average Bonchev–Trinajstić information content (AvgIpc) is 0.711. The third-order valence-electron chi connectivity index (χ3n) is 16.7.